The first-order valence-corrected chi connectivity index (χ1v) is 17.5. The highest BCUT2D eigenvalue weighted by atomic mass is 35.5. The number of likely N-dealkylation sites (N-methyl/N-ethyl adjacent to an activating group) is 1. The highest BCUT2D eigenvalue weighted by molar-refractivity contribution is 6.31. The van der Waals surface area contributed by atoms with Crippen LogP contribution in [0.3, 0.4) is 0 Å². The van der Waals surface area contributed by atoms with Gasteiger partial charge < -0.3 is 29.1 Å². The summed E-state index contributed by atoms with van der Waals surface area (Å²) in [4.78, 5) is 33.2. The number of amides is 1. The molecule has 49 heavy (non-hydrogen) atoms. The van der Waals surface area contributed by atoms with Crippen LogP contribution in [0.5, 0.6) is 6.01 Å². The van der Waals surface area contributed by atoms with Gasteiger partial charge in [-0.25, -0.2) is 0 Å². The number of hydrogen-bond acceptors (Lipinski definition) is 10. The van der Waals surface area contributed by atoms with Crippen LogP contribution in [0.15, 0.2) is 18.2 Å². The minimum atomic E-state index is -4.62. The Balaban J connectivity index is 1.23. The molecule has 4 aliphatic heterocycles. The fourth-order valence-electron chi connectivity index (χ4n) is 7.42. The SMILES string of the molecule is CN1CCC[C@H]1COc1nc2c(c(N3CCN(C(=O)CCCN4CCOCC4)[C@@H](CC#N)C3)n1)CCN(c1cccc(Cl)c1C(F)(F)F)C2. The molecule has 1 aromatic heterocycles. The lowest BCUT2D eigenvalue weighted by Gasteiger charge is -2.42. The van der Waals surface area contributed by atoms with Gasteiger partial charge >= 0.3 is 12.2 Å². The van der Waals surface area contributed by atoms with Gasteiger partial charge in [-0.3, -0.25) is 9.69 Å². The predicted molar refractivity (Wildman–Crippen MR) is 179 cm³/mol. The molecule has 3 saturated heterocycles. The summed E-state index contributed by atoms with van der Waals surface area (Å²) < 4.78 is 54.0. The molecule has 1 amide bonds. The van der Waals surface area contributed by atoms with Gasteiger partial charge in [0.25, 0.3) is 0 Å². The zero-order valence-corrected chi connectivity index (χ0v) is 28.7. The number of anilines is 2. The summed E-state index contributed by atoms with van der Waals surface area (Å²) in [5.41, 5.74) is 0.589. The van der Waals surface area contributed by atoms with E-state index in [-0.39, 0.29) is 47.7 Å². The van der Waals surface area contributed by atoms with Crippen molar-refractivity contribution in [3.8, 4) is 12.1 Å². The van der Waals surface area contributed by atoms with Crippen LogP contribution in [0, 0.1) is 11.3 Å². The first kappa shape index (κ1) is 35.4. The fraction of sp³-hybridized carbons (Fsp3) is 0.647. The fourth-order valence-corrected chi connectivity index (χ4v) is 7.69. The van der Waals surface area contributed by atoms with Gasteiger partial charge in [0.05, 0.1) is 60.3 Å². The van der Waals surface area contributed by atoms with E-state index in [4.69, 9.17) is 31.0 Å². The number of carbonyl (C=O) groups is 1. The van der Waals surface area contributed by atoms with Crippen LogP contribution >= 0.6 is 11.6 Å². The molecule has 0 N–H and O–H groups in total. The van der Waals surface area contributed by atoms with E-state index in [1.165, 1.54) is 18.2 Å². The number of carbonyl (C=O) groups excluding carboxylic acids is 1. The third kappa shape index (κ3) is 8.33. The molecule has 0 aliphatic carbocycles. The maximum Gasteiger partial charge on any atom is 0.419 e. The van der Waals surface area contributed by atoms with Gasteiger partial charge in [-0.05, 0) is 58.0 Å². The largest absolute Gasteiger partial charge is 0.462 e. The van der Waals surface area contributed by atoms with Crippen LogP contribution in [0.25, 0.3) is 0 Å². The lowest BCUT2D eigenvalue weighted by atomic mass is 10.0. The van der Waals surface area contributed by atoms with Crippen molar-refractivity contribution in [2.24, 2.45) is 0 Å². The normalized spacial score (nSPS) is 22.2. The third-order valence-electron chi connectivity index (χ3n) is 10.1. The van der Waals surface area contributed by atoms with Gasteiger partial charge in [-0.15, -0.1) is 0 Å². The van der Waals surface area contributed by atoms with E-state index in [1.54, 1.807) is 4.90 Å². The molecule has 15 heteroatoms. The Morgan fingerprint density at radius 2 is 1.92 bits per heavy atom. The summed E-state index contributed by atoms with van der Waals surface area (Å²) in [5.74, 6) is 0.698. The Hall–Kier alpha value is -3.38. The number of nitriles is 1. The van der Waals surface area contributed by atoms with E-state index in [0.717, 1.165) is 51.0 Å². The van der Waals surface area contributed by atoms with Crippen molar-refractivity contribution < 1.29 is 27.4 Å². The second-order valence-corrected chi connectivity index (χ2v) is 13.7. The summed E-state index contributed by atoms with van der Waals surface area (Å²) in [7, 11) is 2.06. The topological polar surface area (TPSA) is 101 Å². The van der Waals surface area contributed by atoms with Crippen molar-refractivity contribution in [2.45, 2.75) is 63.3 Å². The average Bonchev–Trinajstić information content (AvgIpc) is 3.50. The van der Waals surface area contributed by atoms with Crippen LogP contribution < -0.4 is 14.5 Å². The van der Waals surface area contributed by atoms with Crippen molar-refractivity contribution in [1.29, 1.82) is 5.26 Å². The van der Waals surface area contributed by atoms with E-state index >= 15 is 0 Å². The first-order chi connectivity index (χ1) is 23.6. The molecule has 0 bridgehead atoms. The van der Waals surface area contributed by atoms with E-state index in [0.29, 0.717) is 70.4 Å². The highest BCUT2D eigenvalue weighted by Crippen LogP contribution is 2.43. The van der Waals surface area contributed by atoms with E-state index in [9.17, 15) is 23.2 Å². The summed E-state index contributed by atoms with van der Waals surface area (Å²) >= 11 is 6.08. The number of hydrogen-bond donors (Lipinski definition) is 0. The van der Waals surface area contributed by atoms with Gasteiger partial charge in [0.2, 0.25) is 5.91 Å². The molecule has 2 atom stereocenters. The number of piperazine rings is 1. The Labute approximate surface area is 290 Å². The Morgan fingerprint density at radius 3 is 2.65 bits per heavy atom. The molecule has 2 aromatic rings. The van der Waals surface area contributed by atoms with Crippen molar-refractivity contribution in [3.63, 3.8) is 0 Å². The highest BCUT2D eigenvalue weighted by Gasteiger charge is 2.39. The van der Waals surface area contributed by atoms with E-state index < -0.39 is 11.7 Å². The standard InChI is InChI=1S/C34H44ClF3N8O3/c1-42-12-3-5-25(42)23-49-33-40-28-22-44(29-7-2-6-27(35)31(29)34(36,37)38)14-10-26(28)32(41-33)45-15-16-46(24(21-45)9-11-39)30(47)8-4-13-43-17-19-48-20-18-43/h2,6-7,24-25H,3-5,8-10,12-23H2,1H3/t24-,25-/m0/s1. The minimum Gasteiger partial charge on any atom is -0.462 e. The lowest BCUT2D eigenvalue weighted by molar-refractivity contribution is -0.137. The molecular formula is C34H44ClF3N8O3. The number of ether oxygens (including phenoxy) is 2. The van der Waals surface area contributed by atoms with Gasteiger partial charge in [0.1, 0.15) is 12.4 Å². The Bertz CT molecular complexity index is 1520. The van der Waals surface area contributed by atoms with Crippen molar-refractivity contribution in [3.05, 3.63) is 40.0 Å². The molecule has 5 heterocycles. The van der Waals surface area contributed by atoms with Crippen LogP contribution in [0.2, 0.25) is 5.02 Å². The maximum atomic E-state index is 14.1. The van der Waals surface area contributed by atoms with Gasteiger partial charge in [0, 0.05) is 57.3 Å². The van der Waals surface area contributed by atoms with Crippen molar-refractivity contribution in [2.75, 3.05) is 89.0 Å². The van der Waals surface area contributed by atoms with Crippen LogP contribution in [-0.4, -0.2) is 122 Å². The number of rotatable bonds is 10. The minimum absolute atomic E-state index is 0.00990. The number of fused-ring (bicyclic) bond motifs is 1. The Morgan fingerprint density at radius 1 is 1.10 bits per heavy atom. The molecule has 3 fully saturated rings. The van der Waals surface area contributed by atoms with Gasteiger partial charge in [-0.2, -0.15) is 28.4 Å². The summed E-state index contributed by atoms with van der Waals surface area (Å²) in [6.45, 7) is 7.16. The van der Waals surface area contributed by atoms with Crippen LogP contribution in [-0.2, 0) is 28.7 Å². The van der Waals surface area contributed by atoms with Gasteiger partial charge in [-0.1, -0.05) is 17.7 Å². The summed E-state index contributed by atoms with van der Waals surface area (Å²) in [6, 6.07) is 6.56. The molecule has 1 aromatic carbocycles. The number of alkyl halides is 3. The number of aromatic nitrogens is 2. The zero-order chi connectivity index (χ0) is 34.5. The lowest BCUT2D eigenvalue weighted by Crippen LogP contribution is -2.55. The number of benzene rings is 1. The molecular weight excluding hydrogens is 661 g/mol. The number of halogens is 4. The maximum absolute atomic E-state index is 14.1. The predicted octanol–water partition coefficient (Wildman–Crippen LogP) is 4.23. The van der Waals surface area contributed by atoms with Crippen molar-refractivity contribution in [1.82, 2.24) is 24.7 Å². The van der Waals surface area contributed by atoms with Crippen LogP contribution in [0.4, 0.5) is 24.7 Å². The number of likely N-dealkylation sites (tertiary alicyclic amines) is 1. The first-order valence-electron chi connectivity index (χ1n) is 17.2. The molecule has 266 valence electrons. The monoisotopic (exact) mass is 704 g/mol. The average molecular weight is 705 g/mol. The quantitative estimate of drug-likeness (QED) is 0.357. The third-order valence-corrected chi connectivity index (χ3v) is 10.4. The van der Waals surface area contributed by atoms with E-state index in [2.05, 4.69) is 27.8 Å². The number of morpholine rings is 1. The molecule has 0 radical (unpaired) electrons. The molecule has 11 nitrogen and oxygen atoms in total. The van der Waals surface area contributed by atoms with Gasteiger partial charge in [0.15, 0.2) is 0 Å². The molecule has 0 unspecified atom stereocenters. The summed E-state index contributed by atoms with van der Waals surface area (Å²) in [6.07, 6.45) is -0.809. The Kier molecular flexibility index (Phi) is 11.3. The second-order valence-electron chi connectivity index (χ2n) is 13.3. The number of nitrogens with zero attached hydrogens (tertiary/aromatic N) is 8. The molecule has 0 spiro atoms. The second kappa shape index (κ2) is 15.7. The zero-order valence-electron chi connectivity index (χ0n) is 27.9. The van der Waals surface area contributed by atoms with Crippen LogP contribution in [0.1, 0.15) is 48.9 Å². The summed E-state index contributed by atoms with van der Waals surface area (Å²) in [5, 5.41) is 9.37. The van der Waals surface area contributed by atoms with Crippen molar-refractivity contribution >= 4 is 29.0 Å². The molecule has 4 aliphatic rings. The van der Waals surface area contributed by atoms with E-state index in [1.807, 2.05) is 4.90 Å². The molecule has 0 saturated carbocycles. The molecule has 6 rings (SSSR count). The smallest absolute Gasteiger partial charge is 0.419 e.